The molecule has 1 aromatic rings. The van der Waals surface area contributed by atoms with Gasteiger partial charge in [-0.15, -0.1) is 0 Å². The number of allylic oxidation sites excluding steroid dienone is 2. The number of rotatable bonds is 14. The third-order valence-corrected chi connectivity index (χ3v) is 6.07. The van der Waals surface area contributed by atoms with Crippen molar-refractivity contribution in [2.45, 2.75) is 97.8 Å². The lowest BCUT2D eigenvalue weighted by molar-refractivity contribution is -0.117. The van der Waals surface area contributed by atoms with Crippen molar-refractivity contribution in [3.63, 3.8) is 0 Å². The Bertz CT molecular complexity index is 821. The molecule has 0 amide bonds. The first-order chi connectivity index (χ1) is 15.8. The number of aliphatic hydroxyl groups excluding tert-OH is 1. The summed E-state index contributed by atoms with van der Waals surface area (Å²) < 4.78 is 5.38. The van der Waals surface area contributed by atoms with E-state index in [9.17, 15) is 14.7 Å². The zero-order valence-electron chi connectivity index (χ0n) is 20.7. The van der Waals surface area contributed by atoms with Crippen LogP contribution in [0.1, 0.15) is 108 Å². The number of carbonyl (C=O) groups is 2. The molecule has 1 aliphatic rings. The van der Waals surface area contributed by atoms with Crippen LogP contribution in [0.4, 0.5) is 5.69 Å². The molecule has 1 N–H and O–H groups in total. The summed E-state index contributed by atoms with van der Waals surface area (Å²) in [5, 5.41) is 10.2. The molecule has 182 valence electrons. The Hall–Kier alpha value is -2.43. The summed E-state index contributed by atoms with van der Waals surface area (Å²) in [6.07, 6.45) is 14.7. The van der Waals surface area contributed by atoms with Gasteiger partial charge in [0.15, 0.2) is 5.78 Å². The van der Waals surface area contributed by atoms with Crippen LogP contribution < -0.4 is 0 Å². The molecule has 5 nitrogen and oxygen atoms in total. The van der Waals surface area contributed by atoms with Crippen LogP contribution in [0.5, 0.6) is 0 Å². The SMILES string of the molecule is CCCCCCCCCCCCOC(=O)c1ccc(N=CC2=C(O)CC(C)(C)CC2=O)cc1. The van der Waals surface area contributed by atoms with E-state index in [1.54, 1.807) is 24.3 Å². The minimum atomic E-state index is -0.327. The average Bonchev–Trinajstić information content (AvgIpc) is 2.76. The number of hydrogen-bond acceptors (Lipinski definition) is 5. The lowest BCUT2D eigenvalue weighted by Crippen LogP contribution is -2.26. The summed E-state index contributed by atoms with van der Waals surface area (Å²) >= 11 is 0. The lowest BCUT2D eigenvalue weighted by atomic mass is 9.77. The number of nitrogens with zero attached hydrogens (tertiary/aromatic N) is 1. The largest absolute Gasteiger partial charge is 0.511 e. The van der Waals surface area contributed by atoms with E-state index in [0.717, 1.165) is 12.8 Å². The predicted octanol–water partition coefficient (Wildman–Crippen LogP) is 7.67. The summed E-state index contributed by atoms with van der Waals surface area (Å²) in [6.45, 7) is 6.61. The highest BCUT2D eigenvalue weighted by molar-refractivity contribution is 6.14. The Balaban J connectivity index is 1.68. The molecular weight excluding hydrogens is 414 g/mol. The maximum atomic E-state index is 12.3. The Morgan fingerprint density at radius 3 is 2.12 bits per heavy atom. The first-order valence-electron chi connectivity index (χ1n) is 12.6. The number of carbonyl (C=O) groups excluding carboxylic acids is 2. The van der Waals surface area contributed by atoms with Gasteiger partial charge in [-0.3, -0.25) is 9.79 Å². The molecule has 0 bridgehead atoms. The van der Waals surface area contributed by atoms with Gasteiger partial charge in [-0.05, 0) is 36.1 Å². The first-order valence-corrected chi connectivity index (χ1v) is 12.6. The monoisotopic (exact) mass is 455 g/mol. The Morgan fingerprint density at radius 2 is 1.55 bits per heavy atom. The zero-order valence-corrected chi connectivity index (χ0v) is 20.7. The van der Waals surface area contributed by atoms with E-state index < -0.39 is 0 Å². The average molecular weight is 456 g/mol. The summed E-state index contributed by atoms with van der Waals surface area (Å²) in [5.41, 5.74) is 1.14. The minimum Gasteiger partial charge on any atom is -0.511 e. The van der Waals surface area contributed by atoms with Gasteiger partial charge in [0, 0.05) is 19.1 Å². The van der Waals surface area contributed by atoms with Crippen molar-refractivity contribution in [2.75, 3.05) is 6.61 Å². The molecule has 0 aliphatic heterocycles. The van der Waals surface area contributed by atoms with E-state index in [0.29, 0.717) is 30.7 Å². The Kier molecular flexibility index (Phi) is 11.4. The summed E-state index contributed by atoms with van der Waals surface area (Å²) in [4.78, 5) is 28.8. The minimum absolute atomic E-state index is 0.0900. The van der Waals surface area contributed by atoms with E-state index in [-0.39, 0.29) is 28.5 Å². The third-order valence-electron chi connectivity index (χ3n) is 6.07. The molecule has 0 aromatic heterocycles. The number of hydrogen-bond donors (Lipinski definition) is 1. The maximum Gasteiger partial charge on any atom is 0.338 e. The topological polar surface area (TPSA) is 76.0 Å². The molecule has 0 saturated heterocycles. The number of Topliss-reactive ketones (excluding diaryl/α,β-unsaturated/α-hetero) is 1. The van der Waals surface area contributed by atoms with Gasteiger partial charge in [0.1, 0.15) is 5.76 Å². The van der Waals surface area contributed by atoms with Crippen molar-refractivity contribution in [3.8, 4) is 0 Å². The van der Waals surface area contributed by atoms with Crippen LogP contribution in [-0.4, -0.2) is 29.7 Å². The third kappa shape index (κ3) is 9.93. The predicted molar refractivity (Wildman–Crippen MR) is 134 cm³/mol. The first kappa shape index (κ1) is 26.8. The normalized spacial score (nSPS) is 15.9. The van der Waals surface area contributed by atoms with Gasteiger partial charge in [0.05, 0.1) is 23.4 Å². The number of unbranched alkanes of at least 4 members (excludes halogenated alkanes) is 9. The second-order valence-electron chi connectivity index (χ2n) is 9.92. The van der Waals surface area contributed by atoms with Crippen LogP contribution in [0.3, 0.4) is 0 Å². The van der Waals surface area contributed by atoms with Gasteiger partial charge >= 0.3 is 5.97 Å². The molecule has 33 heavy (non-hydrogen) atoms. The van der Waals surface area contributed by atoms with Gasteiger partial charge in [0.25, 0.3) is 0 Å². The number of aliphatic imine (C=N–C) groups is 1. The zero-order chi connectivity index (χ0) is 24.1. The van der Waals surface area contributed by atoms with Gasteiger partial charge in [-0.2, -0.15) is 0 Å². The van der Waals surface area contributed by atoms with Crippen LogP contribution in [0.25, 0.3) is 0 Å². The fourth-order valence-corrected chi connectivity index (χ4v) is 4.11. The number of ketones is 1. The van der Waals surface area contributed by atoms with Crippen molar-refractivity contribution in [3.05, 3.63) is 41.2 Å². The quantitative estimate of drug-likeness (QED) is 0.177. The molecular formula is C28H41NO4. The standard InChI is InChI=1S/C28H41NO4/c1-4-5-6-7-8-9-10-11-12-13-18-33-27(32)22-14-16-23(17-15-22)29-21-24-25(30)19-28(2,3)20-26(24)31/h14-17,21,30H,4-13,18-20H2,1-3H3. The van der Waals surface area contributed by atoms with Crippen LogP contribution in [0.15, 0.2) is 40.6 Å². The maximum absolute atomic E-state index is 12.3. The van der Waals surface area contributed by atoms with Crippen LogP contribution in [0, 0.1) is 5.41 Å². The molecule has 1 aliphatic carbocycles. The van der Waals surface area contributed by atoms with Gasteiger partial charge < -0.3 is 9.84 Å². The molecule has 0 unspecified atom stereocenters. The molecule has 5 heteroatoms. The van der Waals surface area contributed by atoms with E-state index in [1.165, 1.54) is 57.6 Å². The molecule has 0 atom stereocenters. The molecule has 0 spiro atoms. The van der Waals surface area contributed by atoms with Crippen LogP contribution in [0.2, 0.25) is 0 Å². The number of ether oxygens (including phenoxy) is 1. The van der Waals surface area contributed by atoms with Crippen molar-refractivity contribution >= 4 is 23.7 Å². The van der Waals surface area contributed by atoms with Gasteiger partial charge in [-0.25, -0.2) is 4.79 Å². The van der Waals surface area contributed by atoms with Crippen LogP contribution in [-0.2, 0) is 9.53 Å². The lowest BCUT2D eigenvalue weighted by Gasteiger charge is -2.28. The van der Waals surface area contributed by atoms with E-state index in [1.807, 2.05) is 13.8 Å². The summed E-state index contributed by atoms with van der Waals surface area (Å²) in [5.74, 6) is -0.335. The number of aliphatic hydroxyl groups is 1. The molecule has 0 saturated carbocycles. The van der Waals surface area contributed by atoms with E-state index in [4.69, 9.17) is 4.74 Å². The summed E-state index contributed by atoms with van der Waals surface area (Å²) in [6, 6.07) is 6.77. The fraction of sp³-hybridized carbons (Fsp3) is 0.607. The molecule has 0 fully saturated rings. The molecule has 1 aromatic carbocycles. The Morgan fingerprint density at radius 1 is 0.970 bits per heavy atom. The second kappa shape index (κ2) is 14.0. The second-order valence-corrected chi connectivity index (χ2v) is 9.92. The van der Waals surface area contributed by atoms with E-state index in [2.05, 4.69) is 11.9 Å². The van der Waals surface area contributed by atoms with Crippen molar-refractivity contribution < 1.29 is 19.4 Å². The van der Waals surface area contributed by atoms with Gasteiger partial charge in [0.2, 0.25) is 0 Å². The van der Waals surface area contributed by atoms with Crippen LogP contribution >= 0.6 is 0 Å². The van der Waals surface area contributed by atoms with Crippen molar-refractivity contribution in [2.24, 2.45) is 10.4 Å². The molecule has 0 heterocycles. The van der Waals surface area contributed by atoms with Crippen molar-refractivity contribution in [1.82, 2.24) is 0 Å². The highest BCUT2D eigenvalue weighted by Gasteiger charge is 2.32. The number of benzene rings is 1. The Labute approximate surface area is 199 Å². The highest BCUT2D eigenvalue weighted by atomic mass is 16.5. The van der Waals surface area contributed by atoms with Gasteiger partial charge in [-0.1, -0.05) is 78.6 Å². The van der Waals surface area contributed by atoms with Crippen molar-refractivity contribution in [1.29, 1.82) is 0 Å². The molecule has 0 radical (unpaired) electrons. The number of esters is 1. The fourth-order valence-electron chi connectivity index (χ4n) is 4.11. The summed E-state index contributed by atoms with van der Waals surface area (Å²) in [7, 11) is 0. The smallest absolute Gasteiger partial charge is 0.338 e. The van der Waals surface area contributed by atoms with E-state index >= 15 is 0 Å². The molecule has 2 rings (SSSR count). The highest BCUT2D eigenvalue weighted by Crippen LogP contribution is 2.35.